The highest BCUT2D eigenvalue weighted by Gasteiger charge is 2.36. The van der Waals surface area contributed by atoms with Crippen molar-refractivity contribution in [2.75, 3.05) is 7.11 Å². The number of aliphatic hydroxyl groups is 1. The van der Waals surface area contributed by atoms with Crippen LogP contribution in [0.4, 0.5) is 0 Å². The summed E-state index contributed by atoms with van der Waals surface area (Å²) in [6.45, 7) is 0. The van der Waals surface area contributed by atoms with Crippen LogP contribution in [0.1, 0.15) is 31.2 Å². The first-order valence-corrected chi connectivity index (χ1v) is 6.54. The lowest BCUT2D eigenvalue weighted by atomic mass is 9.78. The van der Waals surface area contributed by atoms with E-state index < -0.39 is 5.60 Å². The van der Waals surface area contributed by atoms with Crippen LogP contribution in [0.25, 0.3) is 10.9 Å². The van der Waals surface area contributed by atoms with E-state index >= 15 is 0 Å². The lowest BCUT2D eigenvalue weighted by molar-refractivity contribution is -0.0631. The van der Waals surface area contributed by atoms with E-state index in [1.165, 1.54) is 0 Å². The van der Waals surface area contributed by atoms with E-state index in [0.29, 0.717) is 6.42 Å². The molecule has 1 aromatic carbocycles. The van der Waals surface area contributed by atoms with Gasteiger partial charge in [-0.15, -0.1) is 0 Å². The molecule has 96 valence electrons. The third-order valence-corrected chi connectivity index (χ3v) is 4.11. The molecule has 0 aliphatic heterocycles. The van der Waals surface area contributed by atoms with E-state index in [-0.39, 0.29) is 6.10 Å². The maximum atomic E-state index is 10.9. The zero-order valence-electron chi connectivity index (χ0n) is 10.6. The zero-order chi connectivity index (χ0) is 12.6. The molecule has 2 N–H and O–H groups in total. The number of benzene rings is 1. The molecule has 3 nitrogen and oxygen atoms in total. The van der Waals surface area contributed by atoms with Crippen molar-refractivity contribution < 1.29 is 9.84 Å². The van der Waals surface area contributed by atoms with E-state index in [2.05, 4.69) is 11.1 Å². The molecule has 2 unspecified atom stereocenters. The molecule has 0 bridgehead atoms. The molecule has 0 spiro atoms. The summed E-state index contributed by atoms with van der Waals surface area (Å²) in [6, 6.07) is 8.19. The van der Waals surface area contributed by atoms with Crippen LogP contribution in [0.5, 0.6) is 0 Å². The number of fused-ring (bicyclic) bond motifs is 1. The maximum Gasteiger partial charge on any atom is 0.0921 e. The summed E-state index contributed by atoms with van der Waals surface area (Å²) in [6.07, 6.45) is 5.68. The van der Waals surface area contributed by atoms with Gasteiger partial charge in [0.05, 0.1) is 11.7 Å². The minimum Gasteiger partial charge on any atom is -0.385 e. The van der Waals surface area contributed by atoms with Gasteiger partial charge in [0.25, 0.3) is 0 Å². The van der Waals surface area contributed by atoms with Gasteiger partial charge in [0.1, 0.15) is 0 Å². The van der Waals surface area contributed by atoms with Crippen molar-refractivity contribution in [3.05, 3.63) is 36.0 Å². The van der Waals surface area contributed by atoms with Gasteiger partial charge in [0.2, 0.25) is 0 Å². The molecule has 0 amide bonds. The Morgan fingerprint density at radius 2 is 2.28 bits per heavy atom. The minimum absolute atomic E-state index is 0.172. The molecular formula is C15H19NO2. The number of aromatic nitrogens is 1. The quantitative estimate of drug-likeness (QED) is 0.854. The molecule has 3 heteroatoms. The Morgan fingerprint density at radius 3 is 3.11 bits per heavy atom. The lowest BCUT2D eigenvalue weighted by Gasteiger charge is -2.36. The summed E-state index contributed by atoms with van der Waals surface area (Å²) in [4.78, 5) is 3.18. The van der Waals surface area contributed by atoms with Gasteiger partial charge in [-0.1, -0.05) is 6.07 Å². The third-order valence-electron chi connectivity index (χ3n) is 4.11. The van der Waals surface area contributed by atoms with Crippen LogP contribution in [-0.2, 0) is 10.3 Å². The average molecular weight is 245 g/mol. The molecule has 18 heavy (non-hydrogen) atoms. The number of hydrogen-bond donors (Lipinski definition) is 2. The number of aromatic amines is 1. The van der Waals surface area contributed by atoms with Gasteiger partial charge in [0.15, 0.2) is 0 Å². The fraction of sp³-hybridized carbons (Fsp3) is 0.467. The first-order chi connectivity index (χ1) is 8.71. The highest BCUT2D eigenvalue weighted by molar-refractivity contribution is 5.80. The SMILES string of the molecule is COC1CCCC(O)(c2ccc3[nH]ccc3c2)C1. The van der Waals surface area contributed by atoms with Crippen molar-refractivity contribution >= 4 is 10.9 Å². The van der Waals surface area contributed by atoms with Gasteiger partial charge in [-0.3, -0.25) is 0 Å². The van der Waals surface area contributed by atoms with Crippen LogP contribution in [-0.4, -0.2) is 23.3 Å². The van der Waals surface area contributed by atoms with Crippen LogP contribution < -0.4 is 0 Å². The average Bonchev–Trinajstić information content (AvgIpc) is 2.86. The van der Waals surface area contributed by atoms with Crippen molar-refractivity contribution in [3.63, 3.8) is 0 Å². The molecule has 2 atom stereocenters. The molecule has 0 radical (unpaired) electrons. The molecule has 3 rings (SSSR count). The molecule has 0 saturated heterocycles. The van der Waals surface area contributed by atoms with Gasteiger partial charge in [-0.2, -0.15) is 0 Å². The second kappa shape index (κ2) is 4.41. The monoisotopic (exact) mass is 245 g/mol. The molecule has 1 saturated carbocycles. The third kappa shape index (κ3) is 1.93. The predicted molar refractivity (Wildman–Crippen MR) is 71.5 cm³/mol. The van der Waals surface area contributed by atoms with E-state index in [4.69, 9.17) is 4.74 Å². The van der Waals surface area contributed by atoms with Crippen molar-refractivity contribution in [2.24, 2.45) is 0 Å². The van der Waals surface area contributed by atoms with Crippen molar-refractivity contribution in [1.29, 1.82) is 0 Å². The second-order valence-electron chi connectivity index (χ2n) is 5.27. The predicted octanol–water partition coefficient (Wildman–Crippen LogP) is 2.94. The Morgan fingerprint density at radius 1 is 1.39 bits per heavy atom. The molecule has 1 aliphatic rings. The lowest BCUT2D eigenvalue weighted by Crippen LogP contribution is -2.35. The van der Waals surface area contributed by atoms with E-state index in [1.807, 2.05) is 24.4 Å². The zero-order valence-corrected chi connectivity index (χ0v) is 10.6. The van der Waals surface area contributed by atoms with Crippen molar-refractivity contribution in [1.82, 2.24) is 4.98 Å². The fourth-order valence-corrected chi connectivity index (χ4v) is 3.01. The summed E-state index contributed by atoms with van der Waals surface area (Å²) < 4.78 is 5.41. The number of methoxy groups -OCH3 is 1. The summed E-state index contributed by atoms with van der Waals surface area (Å²) in [7, 11) is 1.73. The topological polar surface area (TPSA) is 45.2 Å². The summed E-state index contributed by atoms with van der Waals surface area (Å²) in [5, 5.41) is 12.0. The minimum atomic E-state index is -0.732. The molecule has 1 aromatic heterocycles. The highest BCUT2D eigenvalue weighted by Crippen LogP contribution is 2.38. The Labute approximate surface area is 107 Å². The van der Waals surface area contributed by atoms with Gasteiger partial charge in [-0.25, -0.2) is 0 Å². The van der Waals surface area contributed by atoms with Gasteiger partial charge in [0, 0.05) is 25.2 Å². The summed E-state index contributed by atoms with van der Waals surface area (Å²) in [5.41, 5.74) is 1.39. The molecule has 1 aliphatic carbocycles. The van der Waals surface area contributed by atoms with Gasteiger partial charge in [-0.05, 0) is 48.4 Å². The largest absolute Gasteiger partial charge is 0.385 e. The van der Waals surface area contributed by atoms with Crippen LogP contribution in [0.3, 0.4) is 0 Å². The Kier molecular flexibility index (Phi) is 2.88. The smallest absolute Gasteiger partial charge is 0.0921 e. The number of hydrogen-bond acceptors (Lipinski definition) is 2. The van der Waals surface area contributed by atoms with Gasteiger partial charge < -0.3 is 14.8 Å². The Balaban J connectivity index is 1.96. The highest BCUT2D eigenvalue weighted by atomic mass is 16.5. The normalized spacial score (nSPS) is 28.7. The number of rotatable bonds is 2. The Hall–Kier alpha value is -1.32. The van der Waals surface area contributed by atoms with Gasteiger partial charge >= 0.3 is 0 Å². The van der Waals surface area contributed by atoms with Crippen LogP contribution in [0, 0.1) is 0 Å². The van der Waals surface area contributed by atoms with Crippen molar-refractivity contribution in [2.45, 2.75) is 37.4 Å². The van der Waals surface area contributed by atoms with Crippen molar-refractivity contribution in [3.8, 4) is 0 Å². The first-order valence-electron chi connectivity index (χ1n) is 6.54. The van der Waals surface area contributed by atoms with E-state index in [0.717, 1.165) is 35.7 Å². The fourth-order valence-electron chi connectivity index (χ4n) is 3.01. The van der Waals surface area contributed by atoms with E-state index in [1.54, 1.807) is 7.11 Å². The van der Waals surface area contributed by atoms with Crippen LogP contribution in [0.2, 0.25) is 0 Å². The molecule has 1 fully saturated rings. The van der Waals surface area contributed by atoms with Crippen LogP contribution >= 0.6 is 0 Å². The van der Waals surface area contributed by atoms with E-state index in [9.17, 15) is 5.11 Å². The summed E-state index contributed by atoms with van der Waals surface area (Å²) in [5.74, 6) is 0. The number of nitrogens with one attached hydrogen (secondary N) is 1. The molecule has 1 heterocycles. The molecule has 2 aromatic rings. The number of H-pyrrole nitrogens is 1. The van der Waals surface area contributed by atoms with Crippen LogP contribution in [0.15, 0.2) is 30.5 Å². The maximum absolute atomic E-state index is 10.9. The summed E-state index contributed by atoms with van der Waals surface area (Å²) >= 11 is 0. The number of ether oxygens (including phenoxy) is 1. The Bertz CT molecular complexity index is 548. The standard InChI is InChI=1S/C15H19NO2/c1-18-13-3-2-7-15(17,10-13)12-4-5-14-11(9-12)6-8-16-14/h4-6,8-9,13,16-17H,2-3,7,10H2,1H3. The molecular weight excluding hydrogens is 226 g/mol. The second-order valence-corrected chi connectivity index (χ2v) is 5.27. The first kappa shape index (κ1) is 11.8.